The van der Waals surface area contributed by atoms with Crippen LogP contribution in [0, 0.1) is 0 Å². The summed E-state index contributed by atoms with van der Waals surface area (Å²) in [6.07, 6.45) is -51.6. The van der Waals surface area contributed by atoms with Crippen LogP contribution in [0.25, 0.3) is 10.8 Å². The maximum absolute atomic E-state index is 14.2. The summed E-state index contributed by atoms with van der Waals surface area (Å²) in [6, 6.07) is 4.58. The predicted octanol–water partition coefficient (Wildman–Crippen LogP) is 14.0. The van der Waals surface area contributed by atoms with Gasteiger partial charge in [0, 0.05) is 5.56 Å². The first-order valence-electron chi connectivity index (χ1n) is 20.0. The van der Waals surface area contributed by atoms with E-state index in [1.54, 1.807) is 18.6 Å². The molecule has 74 heavy (non-hydrogen) atoms. The Bertz CT molecular complexity index is 2670. The van der Waals surface area contributed by atoms with Crippen molar-refractivity contribution < 1.29 is 114 Å². The van der Waals surface area contributed by atoms with Gasteiger partial charge in [0.1, 0.15) is 18.7 Å². The van der Waals surface area contributed by atoms with E-state index < -0.39 is 205 Å². The van der Waals surface area contributed by atoms with E-state index in [0.29, 0.717) is 5.56 Å². The molecule has 0 aliphatic heterocycles. The Labute approximate surface area is 401 Å². The number of benzene rings is 6. The van der Waals surface area contributed by atoms with Crippen molar-refractivity contribution in [3.8, 4) is 0 Å². The minimum Gasteiger partial charge on any atom is -0.289 e. The van der Waals surface area contributed by atoms with Crippen LogP contribution in [0.15, 0.2) is 115 Å². The van der Waals surface area contributed by atoms with Gasteiger partial charge in [-0.2, -0.15) is 127 Å². The number of halogens is 24. The summed E-state index contributed by atoms with van der Waals surface area (Å²) in [5.74, 6) is 0.0675. The standard InChI is InChI=1S/C32H12BF24.C14H15O2S/c34-25(35,36)13-1-14(26(37,38)39)6-21(5-13)33(22-7-15(27(40,41)42)2-16(8-22)28(43,44)45,23-9-17(29(46,47)48)3-18(10-23)30(49,50)51)24-11-19(31(52,53)54)4-20(12-24)32(55,56)57;1-17(2,16)10-14(15)13-9-5-7-11-6-3-4-8-12(11)13/h1-12H;3-9H,10H2,1-2H3/q-1;+1. The van der Waals surface area contributed by atoms with E-state index in [4.69, 9.17) is 0 Å². The number of fused-ring (bicyclic) bond motifs is 1. The lowest BCUT2D eigenvalue weighted by atomic mass is 9.12. The molecule has 400 valence electrons. The SMILES string of the molecule is C[S+](C)(=O)CC(=O)c1cccc2ccccc12.FC(F)(F)c1cc([B-](c2cc(C(F)(F)F)cc(C(F)(F)F)c2)(c2cc(C(F)(F)F)cc(C(F)(F)F)c2)c2cc(C(F)(F)F)cc(C(F)(F)F)c2)cc(C(F)(F)F)c1. The van der Waals surface area contributed by atoms with E-state index in [0.717, 1.165) is 10.8 Å². The highest BCUT2D eigenvalue weighted by atomic mass is 32.2. The highest BCUT2D eigenvalue weighted by molar-refractivity contribution is 8.02. The summed E-state index contributed by atoms with van der Waals surface area (Å²) in [6.45, 7) is 0. The van der Waals surface area contributed by atoms with Gasteiger partial charge in [-0.05, 0) is 35.0 Å². The molecule has 0 atom stereocenters. The van der Waals surface area contributed by atoms with Crippen LogP contribution < -0.4 is 21.9 Å². The van der Waals surface area contributed by atoms with E-state index in [1.807, 2.05) is 36.4 Å². The van der Waals surface area contributed by atoms with Crippen molar-refractivity contribution in [2.75, 3.05) is 18.3 Å². The molecule has 0 saturated carbocycles. The second-order valence-electron chi connectivity index (χ2n) is 16.8. The smallest absolute Gasteiger partial charge is 0.289 e. The van der Waals surface area contributed by atoms with E-state index in [2.05, 4.69) is 0 Å². The van der Waals surface area contributed by atoms with Crippen LogP contribution in [0.5, 0.6) is 0 Å². The van der Waals surface area contributed by atoms with Gasteiger partial charge in [-0.15, -0.1) is 4.21 Å². The van der Waals surface area contributed by atoms with Crippen LogP contribution in [0.1, 0.15) is 54.9 Å². The number of Topliss-reactive ketones (excluding diaryl/α,β-unsaturated/α-hetero) is 1. The molecule has 0 fully saturated rings. The second-order valence-corrected chi connectivity index (χ2v) is 19.9. The molecule has 6 aromatic carbocycles. The third-order valence-electron chi connectivity index (χ3n) is 11.0. The largest absolute Gasteiger partial charge is 0.416 e. The minimum absolute atomic E-state index is 0.0446. The van der Waals surface area contributed by atoms with Crippen molar-refractivity contribution in [3.63, 3.8) is 0 Å². The summed E-state index contributed by atoms with van der Waals surface area (Å²) in [7, 11) is -2.04. The van der Waals surface area contributed by atoms with Gasteiger partial charge in [-0.25, -0.2) is 0 Å². The number of hydrogen-bond acceptors (Lipinski definition) is 2. The molecule has 0 aliphatic rings. The number of carbonyl (C=O) groups is 1. The van der Waals surface area contributed by atoms with Crippen LogP contribution >= 0.6 is 0 Å². The topological polar surface area (TPSA) is 34.1 Å². The lowest BCUT2D eigenvalue weighted by molar-refractivity contribution is -0.144. The minimum atomic E-state index is -6.13. The molecule has 28 heteroatoms. The predicted molar refractivity (Wildman–Crippen MR) is 223 cm³/mol. The van der Waals surface area contributed by atoms with Gasteiger partial charge < -0.3 is 0 Å². The van der Waals surface area contributed by atoms with Gasteiger partial charge in [0.05, 0.1) is 54.4 Å². The van der Waals surface area contributed by atoms with Gasteiger partial charge in [-0.1, -0.05) is 91.0 Å². The Balaban J connectivity index is 0.000000500. The molecule has 0 unspecified atom stereocenters. The Morgan fingerprint density at radius 2 is 0.595 bits per heavy atom. The highest BCUT2D eigenvalue weighted by Crippen LogP contribution is 2.41. The number of ketones is 1. The van der Waals surface area contributed by atoms with Crippen LogP contribution in [0.4, 0.5) is 105 Å². The van der Waals surface area contributed by atoms with Gasteiger partial charge in [-0.3, -0.25) is 4.79 Å². The summed E-state index contributed by atoms with van der Waals surface area (Å²) < 4.78 is 353. The first-order valence-corrected chi connectivity index (χ1v) is 22.6. The highest BCUT2D eigenvalue weighted by Gasteiger charge is 2.47. The molecule has 2 nitrogen and oxygen atoms in total. The van der Waals surface area contributed by atoms with E-state index in [1.165, 1.54) is 0 Å². The van der Waals surface area contributed by atoms with Crippen molar-refractivity contribution in [2.24, 2.45) is 0 Å². The fourth-order valence-corrected chi connectivity index (χ4v) is 8.72. The second kappa shape index (κ2) is 19.5. The van der Waals surface area contributed by atoms with Crippen molar-refractivity contribution in [1.82, 2.24) is 0 Å². The number of rotatable bonds is 7. The molecule has 6 rings (SSSR count). The molecule has 0 aromatic heterocycles. The van der Waals surface area contributed by atoms with E-state index in [-0.39, 0.29) is 11.5 Å². The molecule has 0 aliphatic carbocycles. The van der Waals surface area contributed by atoms with E-state index in [9.17, 15) is 114 Å². The maximum Gasteiger partial charge on any atom is 0.416 e. The zero-order chi connectivity index (χ0) is 56.4. The van der Waals surface area contributed by atoms with Gasteiger partial charge in [0.25, 0.3) is 0 Å². The molecule has 0 spiro atoms. The van der Waals surface area contributed by atoms with Gasteiger partial charge in [0.15, 0.2) is 5.75 Å². The molecule has 0 N–H and O–H groups in total. The van der Waals surface area contributed by atoms with Gasteiger partial charge >= 0.3 is 49.4 Å². The fourth-order valence-electron chi connectivity index (χ4n) is 7.93. The quantitative estimate of drug-likeness (QED) is 0.0691. The van der Waals surface area contributed by atoms with Crippen molar-refractivity contribution in [2.45, 2.75) is 49.4 Å². The van der Waals surface area contributed by atoms with Crippen molar-refractivity contribution in [1.29, 1.82) is 0 Å². The Morgan fingerprint density at radius 1 is 0.365 bits per heavy atom. The molecule has 6 aromatic rings. The van der Waals surface area contributed by atoms with Crippen molar-refractivity contribution >= 4 is 54.5 Å². The zero-order valence-electron chi connectivity index (χ0n) is 36.6. The monoisotopic (exact) mass is 1110 g/mol. The maximum atomic E-state index is 14.2. The van der Waals surface area contributed by atoms with E-state index >= 15 is 0 Å². The normalized spacial score (nSPS) is 13.7. The summed E-state index contributed by atoms with van der Waals surface area (Å²) in [5.41, 5.74) is -29.5. The third-order valence-corrected chi connectivity index (χ3v) is 12.0. The number of hydrogen-bond donors (Lipinski definition) is 0. The Hall–Kier alpha value is -6.22. The Kier molecular flexibility index (Phi) is 15.5. The van der Waals surface area contributed by atoms with Crippen LogP contribution in [0.2, 0.25) is 0 Å². The summed E-state index contributed by atoms with van der Waals surface area (Å²) >= 11 is 0. The van der Waals surface area contributed by atoms with Crippen molar-refractivity contribution in [3.05, 3.63) is 165 Å². The molecule has 0 amide bonds. The summed E-state index contributed by atoms with van der Waals surface area (Å²) in [4.78, 5) is 12.1. The average molecular weight is 1110 g/mol. The van der Waals surface area contributed by atoms with Crippen LogP contribution in [-0.4, -0.2) is 30.2 Å². The lowest BCUT2D eigenvalue weighted by Crippen LogP contribution is -2.75. The van der Waals surface area contributed by atoms with Crippen LogP contribution in [-0.2, 0) is 63.6 Å². The number of alkyl halides is 24. The fraction of sp³-hybridized carbons (Fsp3) is 0.239. The number of carbonyl (C=O) groups excluding carboxylic acids is 1. The van der Waals surface area contributed by atoms with Crippen LogP contribution in [0.3, 0.4) is 0 Å². The molecule has 0 radical (unpaired) electrons. The first-order chi connectivity index (χ1) is 33.2. The first kappa shape index (κ1) is 58.7. The zero-order valence-corrected chi connectivity index (χ0v) is 37.4. The third kappa shape index (κ3) is 13.4. The molecule has 0 saturated heterocycles. The van der Waals surface area contributed by atoms with Gasteiger partial charge in [0.2, 0.25) is 5.78 Å². The molecular formula is C46H27BF24O2S. The average Bonchev–Trinajstić information content (AvgIpc) is 3.23. The molecule has 0 heterocycles. The Morgan fingerprint density at radius 3 is 0.824 bits per heavy atom. The molecular weight excluding hydrogens is 1080 g/mol. The lowest BCUT2D eigenvalue weighted by Gasteiger charge is -2.46. The molecule has 0 bridgehead atoms. The summed E-state index contributed by atoms with van der Waals surface area (Å²) in [5, 5.41) is 1.97.